The predicted molar refractivity (Wildman–Crippen MR) is 227 cm³/mol. The first-order valence-electron chi connectivity index (χ1n) is 21.2. The summed E-state index contributed by atoms with van der Waals surface area (Å²) in [5.74, 6) is -0.347. The number of carbonyl (C=O) groups excluding carboxylic acids is 2. The van der Waals surface area contributed by atoms with Gasteiger partial charge in [-0.1, -0.05) is 127 Å². The van der Waals surface area contributed by atoms with Crippen LogP contribution in [-0.2, 0) is 41.8 Å². The lowest BCUT2D eigenvalue weighted by molar-refractivity contribution is -0.161. The Kier molecular flexibility index (Phi) is 35.6. The molecule has 0 fully saturated rings. The SMILES string of the molecule is CC(C)CCCCCCCCCCCCC(=O)OC[C@H](COP(=O)(O)OC[C@@H](O)COP(=O)(O)O)OC(=O)CCC/C=C\C/C=C\C/C=C\C/C=C\CCC[C@H](C)O. The van der Waals surface area contributed by atoms with E-state index < -0.39 is 66.2 Å². The van der Waals surface area contributed by atoms with Crippen LogP contribution in [0, 0.1) is 5.92 Å². The molecule has 0 bridgehead atoms. The van der Waals surface area contributed by atoms with Crippen LogP contribution < -0.4 is 0 Å². The second-order valence-electron chi connectivity index (χ2n) is 15.0. The van der Waals surface area contributed by atoms with Crippen LogP contribution in [0.2, 0.25) is 0 Å². The third-order valence-electron chi connectivity index (χ3n) is 8.66. The van der Waals surface area contributed by atoms with Gasteiger partial charge in [0, 0.05) is 12.8 Å². The van der Waals surface area contributed by atoms with E-state index in [0.29, 0.717) is 19.3 Å². The maximum Gasteiger partial charge on any atom is 0.472 e. The molecule has 0 rings (SSSR count). The topological polar surface area (TPSA) is 216 Å². The number of rotatable bonds is 39. The van der Waals surface area contributed by atoms with Gasteiger partial charge >= 0.3 is 27.6 Å². The van der Waals surface area contributed by atoms with Crippen molar-refractivity contribution < 1.29 is 66.7 Å². The molecular weight excluding hydrogens is 790 g/mol. The van der Waals surface area contributed by atoms with E-state index >= 15 is 0 Å². The molecule has 58 heavy (non-hydrogen) atoms. The number of phosphoric acid groups is 2. The first kappa shape index (κ1) is 56.0. The molecule has 0 aliphatic carbocycles. The third-order valence-corrected chi connectivity index (χ3v) is 10.1. The van der Waals surface area contributed by atoms with Crippen molar-refractivity contribution in [3.8, 4) is 0 Å². The van der Waals surface area contributed by atoms with Crippen molar-refractivity contribution in [3.05, 3.63) is 48.6 Å². The van der Waals surface area contributed by atoms with Gasteiger partial charge in [-0.25, -0.2) is 9.13 Å². The number of aliphatic hydroxyl groups is 2. The van der Waals surface area contributed by atoms with Crippen molar-refractivity contribution in [2.45, 2.75) is 174 Å². The van der Waals surface area contributed by atoms with Crippen LogP contribution in [0.15, 0.2) is 48.6 Å². The van der Waals surface area contributed by atoms with Gasteiger partial charge in [-0.15, -0.1) is 0 Å². The highest BCUT2D eigenvalue weighted by Crippen LogP contribution is 2.43. The van der Waals surface area contributed by atoms with Crippen molar-refractivity contribution in [2.24, 2.45) is 5.92 Å². The first-order chi connectivity index (χ1) is 27.6. The first-order valence-corrected chi connectivity index (χ1v) is 24.2. The summed E-state index contributed by atoms with van der Waals surface area (Å²) in [5.41, 5.74) is 0. The molecule has 4 atom stereocenters. The highest BCUT2D eigenvalue weighted by Gasteiger charge is 2.28. The largest absolute Gasteiger partial charge is 0.472 e. The van der Waals surface area contributed by atoms with E-state index in [0.717, 1.165) is 63.7 Å². The van der Waals surface area contributed by atoms with Gasteiger partial charge in [0.05, 0.1) is 25.9 Å². The van der Waals surface area contributed by atoms with Gasteiger partial charge in [0.1, 0.15) is 12.7 Å². The Morgan fingerprint density at radius 2 is 1.00 bits per heavy atom. The highest BCUT2D eigenvalue weighted by atomic mass is 31.2. The molecule has 16 heteroatoms. The molecule has 0 spiro atoms. The van der Waals surface area contributed by atoms with Gasteiger partial charge in [-0.3, -0.25) is 23.2 Å². The van der Waals surface area contributed by atoms with E-state index in [4.69, 9.17) is 23.8 Å². The minimum atomic E-state index is -4.87. The summed E-state index contributed by atoms with van der Waals surface area (Å²) >= 11 is 0. The molecule has 0 radical (unpaired) electrons. The number of unbranched alkanes of at least 4 members (excludes halogenated alkanes) is 11. The van der Waals surface area contributed by atoms with Crippen LogP contribution in [0.25, 0.3) is 0 Å². The monoisotopic (exact) mass is 866 g/mol. The summed E-state index contributed by atoms with van der Waals surface area (Å²) in [5, 5.41) is 19.0. The predicted octanol–water partition coefficient (Wildman–Crippen LogP) is 9.50. The summed E-state index contributed by atoms with van der Waals surface area (Å²) in [7, 11) is -9.70. The third kappa shape index (κ3) is 42.2. The van der Waals surface area contributed by atoms with E-state index in [1.54, 1.807) is 6.92 Å². The van der Waals surface area contributed by atoms with Crippen molar-refractivity contribution >= 4 is 27.6 Å². The van der Waals surface area contributed by atoms with Crippen LogP contribution >= 0.6 is 15.6 Å². The van der Waals surface area contributed by atoms with E-state index in [-0.39, 0.29) is 18.9 Å². The number of carbonyl (C=O) groups is 2. The second-order valence-corrected chi connectivity index (χ2v) is 17.7. The summed E-state index contributed by atoms with van der Waals surface area (Å²) in [6, 6.07) is 0. The number of phosphoric ester groups is 2. The van der Waals surface area contributed by atoms with Crippen molar-refractivity contribution in [3.63, 3.8) is 0 Å². The Morgan fingerprint density at radius 3 is 1.53 bits per heavy atom. The van der Waals surface area contributed by atoms with E-state index in [1.807, 2.05) is 12.2 Å². The Balaban J connectivity index is 4.63. The van der Waals surface area contributed by atoms with Gasteiger partial charge in [-0.05, 0) is 70.6 Å². The molecule has 0 aliphatic rings. The highest BCUT2D eigenvalue weighted by molar-refractivity contribution is 7.47. The van der Waals surface area contributed by atoms with Crippen LogP contribution in [0.4, 0.5) is 0 Å². The fourth-order valence-electron chi connectivity index (χ4n) is 5.43. The number of hydrogen-bond donors (Lipinski definition) is 5. The Morgan fingerprint density at radius 1 is 0.534 bits per heavy atom. The quantitative estimate of drug-likeness (QED) is 0.0168. The second kappa shape index (κ2) is 36.9. The van der Waals surface area contributed by atoms with Gasteiger partial charge in [-0.2, -0.15) is 0 Å². The molecule has 14 nitrogen and oxygen atoms in total. The minimum absolute atomic E-state index is 0.0433. The molecule has 0 aromatic heterocycles. The zero-order valence-corrected chi connectivity index (χ0v) is 37.2. The van der Waals surface area contributed by atoms with Gasteiger partial charge in [0.15, 0.2) is 6.10 Å². The molecule has 0 saturated carbocycles. The van der Waals surface area contributed by atoms with Crippen LogP contribution in [0.1, 0.15) is 156 Å². The molecule has 0 aromatic rings. The normalized spacial score (nSPS) is 15.2. The zero-order valence-electron chi connectivity index (χ0n) is 35.4. The maximum absolute atomic E-state index is 12.6. The minimum Gasteiger partial charge on any atom is -0.462 e. The van der Waals surface area contributed by atoms with E-state index in [9.17, 15) is 33.8 Å². The summed E-state index contributed by atoms with van der Waals surface area (Å²) < 4.78 is 47.6. The standard InChI is InChI=1S/C42H76O14P2/c1-37(2)29-25-21-17-13-11-12-15-19-23-27-31-41(45)52-35-40(36-55-58(50,51)54-34-39(44)33-53-57(47,48)49)56-42(46)32-28-24-20-16-10-8-6-4-5-7-9-14-18-22-26-30-38(3)43/h5-8,14,16,18,20,37-40,43-44H,4,9-13,15,17,19,21-36H2,1-3H3,(H,50,51)(H2,47,48,49)/b7-5-,8-6-,18-14-,20-16-/t38-,39-,40+/m0/s1. The molecule has 1 unspecified atom stereocenters. The fraction of sp³-hybridized carbons (Fsp3) is 0.762. The molecule has 0 heterocycles. The van der Waals surface area contributed by atoms with Gasteiger partial charge in [0.25, 0.3) is 0 Å². The average Bonchev–Trinajstić information content (AvgIpc) is 3.15. The van der Waals surface area contributed by atoms with Gasteiger partial charge in [0.2, 0.25) is 0 Å². The number of allylic oxidation sites excluding steroid dienone is 8. The van der Waals surface area contributed by atoms with E-state index in [1.165, 1.54) is 44.9 Å². The van der Waals surface area contributed by atoms with Crippen LogP contribution in [0.3, 0.4) is 0 Å². The molecular formula is C42H76O14P2. The Bertz CT molecular complexity index is 1240. The average molecular weight is 867 g/mol. The Hall–Kier alpha value is -1.96. The maximum atomic E-state index is 12.6. The van der Waals surface area contributed by atoms with Crippen LogP contribution in [-0.4, -0.2) is 81.6 Å². The molecule has 5 N–H and O–H groups in total. The van der Waals surface area contributed by atoms with Crippen molar-refractivity contribution in [1.82, 2.24) is 0 Å². The molecule has 0 aromatic carbocycles. The number of esters is 2. The fourth-order valence-corrected chi connectivity index (χ4v) is 6.58. The molecule has 0 saturated heterocycles. The van der Waals surface area contributed by atoms with Crippen molar-refractivity contribution in [2.75, 3.05) is 26.4 Å². The zero-order chi connectivity index (χ0) is 43.3. The summed E-state index contributed by atoms with van der Waals surface area (Å²) in [6.07, 6.45) is 32.6. The number of ether oxygens (including phenoxy) is 2. The smallest absolute Gasteiger partial charge is 0.462 e. The number of aliphatic hydroxyl groups excluding tert-OH is 2. The lowest BCUT2D eigenvalue weighted by Crippen LogP contribution is -2.29. The summed E-state index contributed by atoms with van der Waals surface area (Å²) in [6.45, 7) is 3.52. The number of hydrogen-bond acceptors (Lipinski definition) is 11. The van der Waals surface area contributed by atoms with Crippen LogP contribution in [0.5, 0.6) is 0 Å². The van der Waals surface area contributed by atoms with E-state index in [2.05, 4.69) is 59.4 Å². The Labute approximate surface area is 348 Å². The van der Waals surface area contributed by atoms with Gasteiger partial charge < -0.3 is 34.4 Å². The molecule has 338 valence electrons. The van der Waals surface area contributed by atoms with Crippen molar-refractivity contribution in [1.29, 1.82) is 0 Å². The molecule has 0 aliphatic heterocycles. The lowest BCUT2D eigenvalue weighted by Gasteiger charge is -2.20. The molecule has 0 amide bonds. The summed E-state index contributed by atoms with van der Waals surface area (Å²) in [4.78, 5) is 52.6. The lowest BCUT2D eigenvalue weighted by atomic mass is 10.0.